The van der Waals surface area contributed by atoms with Gasteiger partial charge in [0.2, 0.25) is 11.9 Å². The van der Waals surface area contributed by atoms with Crippen LogP contribution >= 0.6 is 0 Å². The van der Waals surface area contributed by atoms with E-state index in [1.165, 1.54) is 6.42 Å². The zero-order valence-corrected chi connectivity index (χ0v) is 19.0. The summed E-state index contributed by atoms with van der Waals surface area (Å²) in [6.07, 6.45) is 8.45. The first kappa shape index (κ1) is 22.5. The van der Waals surface area contributed by atoms with Gasteiger partial charge in [-0.2, -0.15) is 0 Å². The van der Waals surface area contributed by atoms with E-state index in [9.17, 15) is 9.18 Å². The number of carbonyl (C=O) groups excluding carboxylic acids is 1. The Morgan fingerprint density at radius 1 is 1.09 bits per heavy atom. The monoisotopic (exact) mass is 472 g/mol. The normalized spacial score (nSPS) is 14.1. The molecule has 2 heterocycles. The Hall–Kier alpha value is -4.34. The number of halogens is 1. The predicted molar refractivity (Wildman–Crippen MR) is 131 cm³/mol. The number of nitrogens with two attached hydrogens (primary N) is 2. The van der Waals surface area contributed by atoms with Crippen LogP contribution in [0.15, 0.2) is 54.9 Å². The lowest BCUT2D eigenvalue weighted by Gasteiger charge is -2.20. The second kappa shape index (κ2) is 9.49. The summed E-state index contributed by atoms with van der Waals surface area (Å²) in [5.41, 5.74) is 14.8. The number of hydrogen-bond acceptors (Lipinski definition) is 7. The lowest BCUT2D eigenvalue weighted by atomic mass is 9.96. The maximum atomic E-state index is 14.6. The molecule has 0 aliphatic heterocycles. The summed E-state index contributed by atoms with van der Waals surface area (Å²) in [6, 6.07) is 12.5. The number of hydrogen-bond donors (Lipinski definition) is 3. The van der Waals surface area contributed by atoms with Gasteiger partial charge >= 0.3 is 0 Å². The molecule has 2 aromatic carbocycles. The SMILES string of the molecule is NC(=O)c1ccc(Nc2ncc(F)c(-c3cn(C4CCCCC4)nn3)n2)cc1-c1ccccc1N. The van der Waals surface area contributed by atoms with Gasteiger partial charge in [0.1, 0.15) is 11.4 Å². The number of benzene rings is 2. The second-order valence-electron chi connectivity index (χ2n) is 8.60. The molecule has 4 aromatic rings. The Labute approximate surface area is 201 Å². The fourth-order valence-electron chi connectivity index (χ4n) is 4.45. The van der Waals surface area contributed by atoms with E-state index in [2.05, 4.69) is 25.6 Å². The molecule has 9 nitrogen and oxygen atoms in total. The quantitative estimate of drug-likeness (QED) is 0.352. The van der Waals surface area contributed by atoms with Gasteiger partial charge in [0.05, 0.1) is 18.4 Å². The Bertz CT molecular complexity index is 1380. The van der Waals surface area contributed by atoms with Crippen LogP contribution in [0.25, 0.3) is 22.5 Å². The van der Waals surface area contributed by atoms with E-state index in [1.54, 1.807) is 30.5 Å². The van der Waals surface area contributed by atoms with Crippen molar-refractivity contribution in [2.45, 2.75) is 38.1 Å². The van der Waals surface area contributed by atoms with Crippen molar-refractivity contribution in [3.8, 4) is 22.5 Å². The average molecular weight is 473 g/mol. The van der Waals surface area contributed by atoms with Crippen LogP contribution in [0.5, 0.6) is 0 Å². The first-order valence-electron chi connectivity index (χ1n) is 11.5. The second-order valence-corrected chi connectivity index (χ2v) is 8.60. The highest BCUT2D eigenvalue weighted by Crippen LogP contribution is 2.32. The molecular formula is C25H25FN8O. The summed E-state index contributed by atoms with van der Waals surface area (Å²) < 4.78 is 16.4. The van der Waals surface area contributed by atoms with Crippen molar-refractivity contribution in [3.63, 3.8) is 0 Å². The van der Waals surface area contributed by atoms with Crippen LogP contribution in [0.1, 0.15) is 48.5 Å². The van der Waals surface area contributed by atoms with Gasteiger partial charge in [-0.3, -0.25) is 4.79 Å². The van der Waals surface area contributed by atoms with Gasteiger partial charge in [-0.15, -0.1) is 5.10 Å². The number of nitrogens with one attached hydrogen (secondary N) is 1. The molecule has 0 bridgehead atoms. The first-order valence-corrected chi connectivity index (χ1v) is 11.5. The zero-order chi connectivity index (χ0) is 24.4. The molecule has 0 radical (unpaired) electrons. The number of anilines is 3. The van der Waals surface area contributed by atoms with Crippen LogP contribution in [0.4, 0.5) is 21.7 Å². The maximum Gasteiger partial charge on any atom is 0.249 e. The number of aromatic nitrogens is 5. The van der Waals surface area contributed by atoms with E-state index in [1.807, 2.05) is 22.9 Å². The predicted octanol–water partition coefficient (Wildman–Crippen LogP) is 4.47. The molecule has 1 amide bonds. The number of nitrogens with zero attached hydrogens (tertiary/aromatic N) is 5. The fraction of sp³-hybridized carbons (Fsp3) is 0.240. The Morgan fingerprint density at radius 3 is 2.66 bits per heavy atom. The third kappa shape index (κ3) is 4.68. The number of primary amides is 1. The van der Waals surface area contributed by atoms with E-state index < -0.39 is 11.7 Å². The van der Waals surface area contributed by atoms with Crippen molar-refractivity contribution in [1.29, 1.82) is 0 Å². The van der Waals surface area contributed by atoms with Crippen LogP contribution in [-0.4, -0.2) is 30.9 Å². The Kier molecular flexibility index (Phi) is 6.09. The summed E-state index contributed by atoms with van der Waals surface area (Å²) in [4.78, 5) is 20.4. The zero-order valence-electron chi connectivity index (χ0n) is 19.0. The molecule has 5 rings (SSSR count). The summed E-state index contributed by atoms with van der Waals surface area (Å²) in [6.45, 7) is 0. The third-order valence-electron chi connectivity index (χ3n) is 6.24. The van der Waals surface area contributed by atoms with Gasteiger partial charge in [-0.25, -0.2) is 19.0 Å². The topological polar surface area (TPSA) is 138 Å². The minimum atomic E-state index is -0.590. The van der Waals surface area contributed by atoms with Gasteiger partial charge in [0, 0.05) is 22.5 Å². The van der Waals surface area contributed by atoms with Crippen LogP contribution in [0, 0.1) is 5.82 Å². The molecule has 0 unspecified atom stereocenters. The van der Waals surface area contributed by atoms with Crippen LogP contribution in [-0.2, 0) is 0 Å². The molecule has 178 valence electrons. The molecule has 0 saturated heterocycles. The molecule has 1 fully saturated rings. The minimum absolute atomic E-state index is 0.0610. The van der Waals surface area contributed by atoms with E-state index in [-0.39, 0.29) is 17.7 Å². The number of nitrogen functional groups attached to an aromatic ring is 1. The molecule has 0 atom stereocenters. The Balaban J connectivity index is 1.45. The smallest absolute Gasteiger partial charge is 0.249 e. The summed E-state index contributed by atoms with van der Waals surface area (Å²) in [5.74, 6) is -0.989. The van der Waals surface area contributed by atoms with Crippen molar-refractivity contribution in [2.75, 3.05) is 11.1 Å². The Morgan fingerprint density at radius 2 is 1.89 bits per heavy atom. The van der Waals surface area contributed by atoms with Crippen molar-refractivity contribution in [3.05, 3.63) is 66.2 Å². The van der Waals surface area contributed by atoms with E-state index in [4.69, 9.17) is 11.5 Å². The number of rotatable bonds is 6. The highest BCUT2D eigenvalue weighted by atomic mass is 19.1. The standard InChI is InChI=1S/C25H25FN8O/c26-20-13-29-25(31-23(20)22-14-34(33-32-22)16-6-2-1-3-7-16)30-15-10-11-18(24(28)35)19(12-15)17-8-4-5-9-21(17)27/h4-5,8-14,16H,1-3,6-7,27H2,(H2,28,35)(H,29,30,31). The average Bonchev–Trinajstić information content (AvgIpc) is 3.36. The minimum Gasteiger partial charge on any atom is -0.398 e. The van der Waals surface area contributed by atoms with Gasteiger partial charge in [-0.1, -0.05) is 42.7 Å². The van der Waals surface area contributed by atoms with Crippen molar-refractivity contribution in [1.82, 2.24) is 25.0 Å². The van der Waals surface area contributed by atoms with Crippen LogP contribution in [0.2, 0.25) is 0 Å². The lowest BCUT2D eigenvalue weighted by molar-refractivity contribution is 0.100. The number of para-hydroxylation sites is 1. The molecule has 1 saturated carbocycles. The van der Waals surface area contributed by atoms with Gasteiger partial charge in [-0.05, 0) is 42.7 Å². The third-order valence-corrected chi connectivity index (χ3v) is 6.24. The fourth-order valence-corrected chi connectivity index (χ4v) is 4.45. The molecule has 5 N–H and O–H groups in total. The summed E-state index contributed by atoms with van der Waals surface area (Å²) in [7, 11) is 0. The van der Waals surface area contributed by atoms with Crippen molar-refractivity contribution in [2.24, 2.45) is 5.73 Å². The molecular weight excluding hydrogens is 447 g/mol. The molecule has 10 heteroatoms. The lowest BCUT2D eigenvalue weighted by Crippen LogP contribution is -2.13. The van der Waals surface area contributed by atoms with Crippen molar-refractivity contribution < 1.29 is 9.18 Å². The summed E-state index contributed by atoms with van der Waals surface area (Å²) >= 11 is 0. The molecule has 2 aromatic heterocycles. The first-order chi connectivity index (χ1) is 17.0. The number of carbonyl (C=O) groups is 1. The van der Waals surface area contributed by atoms with Gasteiger partial charge in [0.25, 0.3) is 0 Å². The molecule has 35 heavy (non-hydrogen) atoms. The molecule has 1 aliphatic rings. The van der Waals surface area contributed by atoms with E-state index in [0.29, 0.717) is 33.8 Å². The summed E-state index contributed by atoms with van der Waals surface area (Å²) in [5, 5.41) is 11.4. The van der Waals surface area contributed by atoms with Gasteiger partial charge in [0.15, 0.2) is 5.82 Å². The van der Waals surface area contributed by atoms with E-state index >= 15 is 0 Å². The van der Waals surface area contributed by atoms with Crippen LogP contribution < -0.4 is 16.8 Å². The van der Waals surface area contributed by atoms with Gasteiger partial charge < -0.3 is 16.8 Å². The molecule has 0 spiro atoms. The van der Waals surface area contributed by atoms with E-state index in [0.717, 1.165) is 31.9 Å². The maximum absolute atomic E-state index is 14.6. The largest absolute Gasteiger partial charge is 0.398 e. The molecule has 1 aliphatic carbocycles. The highest BCUT2D eigenvalue weighted by Gasteiger charge is 2.20. The highest BCUT2D eigenvalue weighted by molar-refractivity contribution is 6.02. The van der Waals surface area contributed by atoms with Crippen LogP contribution in [0.3, 0.4) is 0 Å². The van der Waals surface area contributed by atoms with Crippen molar-refractivity contribution >= 4 is 23.2 Å². The number of amides is 1.